The molecule has 9 heteroatoms. The Kier molecular flexibility index (Phi) is 6.35. The molecule has 0 bridgehead atoms. The quantitative estimate of drug-likeness (QED) is 0.645. The number of hydrogen-bond acceptors (Lipinski definition) is 5. The topological polar surface area (TPSA) is 74.1 Å². The van der Waals surface area contributed by atoms with E-state index in [0.717, 1.165) is 11.6 Å². The van der Waals surface area contributed by atoms with Gasteiger partial charge in [0, 0.05) is 10.6 Å². The number of amidine groups is 2. The highest BCUT2D eigenvalue weighted by Gasteiger charge is 2.42. The van der Waals surface area contributed by atoms with E-state index in [1.165, 1.54) is 23.9 Å². The molecule has 6 nitrogen and oxygen atoms in total. The predicted octanol–water partition coefficient (Wildman–Crippen LogP) is 5.24. The van der Waals surface area contributed by atoms with Crippen LogP contribution in [0.25, 0.3) is 0 Å². The highest BCUT2D eigenvalue weighted by molar-refractivity contribution is 8.14. The van der Waals surface area contributed by atoms with Crippen molar-refractivity contribution in [3.63, 3.8) is 0 Å². The first-order valence-electron chi connectivity index (χ1n) is 10.3. The number of fused-ring (bicyclic) bond motifs is 3. The molecule has 0 aliphatic carbocycles. The number of para-hydroxylation sites is 1. The molecular weight excluding hydrogens is 451 g/mol. The Morgan fingerprint density at radius 1 is 1.22 bits per heavy atom. The lowest BCUT2D eigenvalue weighted by molar-refractivity contribution is -0.120. The van der Waals surface area contributed by atoms with Gasteiger partial charge in [-0.1, -0.05) is 49.3 Å². The Hall–Kier alpha value is -2.71. The molecule has 2 aromatic rings. The fourth-order valence-corrected chi connectivity index (χ4v) is 4.71. The van der Waals surface area contributed by atoms with Crippen molar-refractivity contribution in [1.29, 1.82) is 0 Å². The molecule has 2 heterocycles. The molecule has 32 heavy (non-hydrogen) atoms. The molecule has 166 valence electrons. The van der Waals surface area contributed by atoms with Crippen molar-refractivity contribution in [2.45, 2.75) is 38.5 Å². The van der Waals surface area contributed by atoms with Gasteiger partial charge in [-0.15, -0.1) is 0 Å². The molecule has 0 spiro atoms. The van der Waals surface area contributed by atoms with Gasteiger partial charge in [0.25, 0.3) is 5.91 Å². The van der Waals surface area contributed by atoms with E-state index in [4.69, 9.17) is 16.6 Å². The summed E-state index contributed by atoms with van der Waals surface area (Å²) in [5.41, 5.74) is 1.54. The first kappa shape index (κ1) is 22.5. The van der Waals surface area contributed by atoms with Gasteiger partial charge in [0.1, 0.15) is 17.7 Å². The molecule has 2 amide bonds. The maximum absolute atomic E-state index is 14.1. The largest absolute Gasteiger partial charge is 0.323 e. The standard InChI is InChI=1S/C23H22ClFN4O2S/c1-12(2)10-19-22(31)28-20-15-6-4-5-7-17(15)27-23(29(19)20)32-13(3)21(30)26-18-9-8-14(24)11-16(18)25/h4-9,11-13,19H,10H2,1-3H3,(H,26,30). The molecule has 2 unspecified atom stereocenters. The summed E-state index contributed by atoms with van der Waals surface area (Å²) >= 11 is 6.99. The number of benzene rings is 2. The normalized spacial score (nSPS) is 18.1. The third kappa shape index (κ3) is 4.42. The summed E-state index contributed by atoms with van der Waals surface area (Å²) in [6.45, 7) is 5.80. The van der Waals surface area contributed by atoms with Crippen LogP contribution in [0.2, 0.25) is 5.02 Å². The number of nitrogens with zero attached hydrogens (tertiary/aromatic N) is 3. The van der Waals surface area contributed by atoms with Crippen LogP contribution in [-0.2, 0) is 9.59 Å². The van der Waals surface area contributed by atoms with E-state index < -0.39 is 17.1 Å². The molecule has 0 saturated heterocycles. The van der Waals surface area contributed by atoms with E-state index in [2.05, 4.69) is 10.3 Å². The van der Waals surface area contributed by atoms with Crippen LogP contribution in [0.4, 0.5) is 15.8 Å². The van der Waals surface area contributed by atoms with Gasteiger partial charge in [-0.3, -0.25) is 14.5 Å². The summed E-state index contributed by atoms with van der Waals surface area (Å²) < 4.78 is 14.1. The van der Waals surface area contributed by atoms with Crippen molar-refractivity contribution in [2.24, 2.45) is 15.9 Å². The van der Waals surface area contributed by atoms with Crippen LogP contribution < -0.4 is 5.32 Å². The van der Waals surface area contributed by atoms with Crippen molar-refractivity contribution in [1.82, 2.24) is 4.90 Å². The minimum Gasteiger partial charge on any atom is -0.323 e. The lowest BCUT2D eigenvalue weighted by Crippen LogP contribution is -2.45. The molecule has 0 fully saturated rings. The van der Waals surface area contributed by atoms with Crippen LogP contribution in [0, 0.1) is 11.7 Å². The molecule has 2 atom stereocenters. The average molecular weight is 473 g/mol. The number of halogens is 2. The van der Waals surface area contributed by atoms with Crippen LogP contribution in [0.15, 0.2) is 52.4 Å². The Bertz CT molecular complexity index is 1150. The van der Waals surface area contributed by atoms with E-state index in [0.29, 0.717) is 23.1 Å². The van der Waals surface area contributed by atoms with Crippen molar-refractivity contribution in [3.8, 4) is 0 Å². The van der Waals surface area contributed by atoms with E-state index in [9.17, 15) is 14.0 Å². The summed E-state index contributed by atoms with van der Waals surface area (Å²) in [6, 6.07) is 11.1. The third-order valence-corrected chi connectivity index (χ3v) is 6.44. The Morgan fingerprint density at radius 2 is 1.97 bits per heavy atom. The SMILES string of the molecule is CC(C)CC1C(=O)N=C2c3ccccc3N=C(SC(C)C(=O)Nc3ccc(Cl)cc3F)N21. The molecule has 2 aliphatic heterocycles. The summed E-state index contributed by atoms with van der Waals surface area (Å²) in [5.74, 6) is -0.370. The van der Waals surface area contributed by atoms with Crippen LogP contribution >= 0.6 is 23.4 Å². The summed E-state index contributed by atoms with van der Waals surface area (Å²) in [7, 11) is 0. The molecule has 0 aromatic heterocycles. The molecule has 2 aromatic carbocycles. The lowest BCUT2D eigenvalue weighted by Gasteiger charge is -2.32. The van der Waals surface area contributed by atoms with Crippen molar-refractivity contribution < 1.29 is 14.0 Å². The van der Waals surface area contributed by atoms with Crippen molar-refractivity contribution in [2.75, 3.05) is 5.32 Å². The fourth-order valence-electron chi connectivity index (χ4n) is 3.59. The molecule has 1 N–H and O–H groups in total. The zero-order valence-electron chi connectivity index (χ0n) is 17.8. The first-order valence-corrected chi connectivity index (χ1v) is 11.5. The van der Waals surface area contributed by atoms with Gasteiger partial charge in [-0.25, -0.2) is 9.38 Å². The number of carbonyl (C=O) groups excluding carboxylic acids is 2. The average Bonchev–Trinajstić information content (AvgIpc) is 3.06. The zero-order valence-corrected chi connectivity index (χ0v) is 19.4. The van der Waals surface area contributed by atoms with Crippen LogP contribution in [0.5, 0.6) is 0 Å². The second-order valence-corrected chi connectivity index (χ2v) is 9.82. The smallest absolute Gasteiger partial charge is 0.270 e. The molecule has 4 rings (SSSR count). The number of aliphatic imine (C=N–C) groups is 2. The summed E-state index contributed by atoms with van der Waals surface area (Å²) in [6.07, 6.45) is 0.615. The number of nitrogens with one attached hydrogen (secondary N) is 1. The van der Waals surface area contributed by atoms with Gasteiger partial charge in [-0.2, -0.15) is 4.99 Å². The Balaban J connectivity index is 1.61. The van der Waals surface area contributed by atoms with Crippen molar-refractivity contribution >= 4 is 57.6 Å². The molecule has 0 saturated carbocycles. The predicted molar refractivity (Wildman–Crippen MR) is 127 cm³/mol. The number of amides is 2. The number of anilines is 1. The van der Waals surface area contributed by atoms with Crippen molar-refractivity contribution in [3.05, 3.63) is 58.9 Å². The highest BCUT2D eigenvalue weighted by atomic mass is 35.5. The van der Waals surface area contributed by atoms with E-state index in [1.807, 2.05) is 43.0 Å². The van der Waals surface area contributed by atoms with E-state index >= 15 is 0 Å². The monoisotopic (exact) mass is 472 g/mol. The minimum atomic E-state index is -0.608. The Morgan fingerprint density at radius 3 is 2.69 bits per heavy atom. The summed E-state index contributed by atoms with van der Waals surface area (Å²) in [4.78, 5) is 36.4. The van der Waals surface area contributed by atoms with Gasteiger partial charge in [-0.05, 0) is 49.6 Å². The summed E-state index contributed by atoms with van der Waals surface area (Å²) in [5, 5.41) is 2.76. The number of hydrogen-bond donors (Lipinski definition) is 1. The first-order chi connectivity index (χ1) is 15.2. The van der Waals surface area contributed by atoms with Gasteiger partial charge in [0.15, 0.2) is 5.17 Å². The Labute approximate surface area is 195 Å². The van der Waals surface area contributed by atoms with Gasteiger partial charge in [0.2, 0.25) is 5.91 Å². The lowest BCUT2D eigenvalue weighted by atomic mass is 10.0. The number of carbonyl (C=O) groups is 2. The molecule has 2 aliphatic rings. The molecular formula is C23H22ClFN4O2S. The second kappa shape index (κ2) is 9.03. The third-order valence-electron chi connectivity index (χ3n) is 5.14. The van der Waals surface area contributed by atoms with Crippen LogP contribution in [0.3, 0.4) is 0 Å². The van der Waals surface area contributed by atoms with Gasteiger partial charge < -0.3 is 5.32 Å². The number of rotatable bonds is 5. The van der Waals surface area contributed by atoms with Gasteiger partial charge in [0.05, 0.1) is 16.6 Å². The molecule has 0 radical (unpaired) electrons. The maximum atomic E-state index is 14.1. The van der Waals surface area contributed by atoms with E-state index in [-0.39, 0.29) is 28.4 Å². The van der Waals surface area contributed by atoms with E-state index in [1.54, 1.807) is 6.92 Å². The number of thioether (sulfide) groups is 1. The van der Waals surface area contributed by atoms with Crippen LogP contribution in [0.1, 0.15) is 32.8 Å². The minimum absolute atomic E-state index is 0.0547. The van der Waals surface area contributed by atoms with Crippen LogP contribution in [-0.4, -0.2) is 39.0 Å². The zero-order chi connectivity index (χ0) is 23.0. The second-order valence-electron chi connectivity index (χ2n) is 8.07. The fraction of sp³-hybridized carbons (Fsp3) is 0.304. The van der Waals surface area contributed by atoms with Gasteiger partial charge >= 0.3 is 0 Å². The highest BCUT2D eigenvalue weighted by Crippen LogP contribution is 2.36. The maximum Gasteiger partial charge on any atom is 0.270 e.